The van der Waals surface area contributed by atoms with Crippen LogP contribution in [-0.4, -0.2) is 5.11 Å². The highest BCUT2D eigenvalue weighted by molar-refractivity contribution is 6.33. The molecule has 0 aliphatic heterocycles. The predicted octanol–water partition coefficient (Wildman–Crippen LogP) is 5.80. The minimum Gasteiger partial charge on any atom is -0.508 e. The van der Waals surface area contributed by atoms with Gasteiger partial charge in [-0.05, 0) is 29.8 Å². The lowest BCUT2D eigenvalue weighted by molar-refractivity contribution is 0.290. The fourth-order valence-corrected chi connectivity index (χ4v) is 3.12. The topological polar surface area (TPSA) is 55.5 Å². The molecule has 0 radical (unpaired) electrons. The normalized spacial score (nSPS) is 11.7. The second kappa shape index (κ2) is 8.25. The summed E-state index contributed by atoms with van der Waals surface area (Å²) in [5, 5.41) is 9.87. The Balaban J connectivity index is 2.35. The van der Waals surface area contributed by atoms with Gasteiger partial charge in [0.05, 0.1) is 5.56 Å². The van der Waals surface area contributed by atoms with Crippen LogP contribution < -0.4 is 5.90 Å². The first-order chi connectivity index (χ1) is 13.4. The van der Waals surface area contributed by atoms with Crippen LogP contribution in [0.2, 0.25) is 5.02 Å². The molecule has 0 unspecified atom stereocenters. The molecule has 3 nitrogen and oxygen atoms in total. The molecule has 3 aromatic rings. The fraction of sp³-hybridized carbons (Fsp3) is 0. The molecule has 0 aliphatic carbocycles. The maximum Gasteiger partial charge on any atom is 0.165 e. The Morgan fingerprint density at radius 2 is 1.54 bits per heavy atom. The van der Waals surface area contributed by atoms with E-state index < -0.39 is 11.6 Å². The third-order valence-electron chi connectivity index (χ3n) is 4.19. The summed E-state index contributed by atoms with van der Waals surface area (Å²) in [5.74, 6) is 3.70. The van der Waals surface area contributed by atoms with E-state index in [1.165, 1.54) is 30.3 Å². The average Bonchev–Trinajstić information content (AvgIpc) is 2.67. The lowest BCUT2D eigenvalue weighted by Crippen LogP contribution is -2.06. The molecule has 0 spiro atoms. The zero-order valence-electron chi connectivity index (χ0n) is 14.6. The first-order valence-electron chi connectivity index (χ1n) is 8.23. The van der Waals surface area contributed by atoms with Crippen LogP contribution in [0.1, 0.15) is 16.7 Å². The van der Waals surface area contributed by atoms with E-state index in [-0.39, 0.29) is 28.2 Å². The maximum atomic E-state index is 14.7. The Morgan fingerprint density at radius 1 is 0.893 bits per heavy atom. The minimum atomic E-state index is -0.791. The van der Waals surface area contributed by atoms with Crippen LogP contribution in [0, 0.1) is 11.6 Å². The van der Waals surface area contributed by atoms with Gasteiger partial charge in [-0.2, -0.15) is 5.90 Å². The molecule has 142 valence electrons. The zero-order valence-corrected chi connectivity index (χ0v) is 15.4. The first-order valence-corrected chi connectivity index (χ1v) is 8.60. The Hall–Kier alpha value is -3.15. The van der Waals surface area contributed by atoms with Crippen molar-refractivity contribution in [1.82, 2.24) is 0 Å². The van der Waals surface area contributed by atoms with Gasteiger partial charge in [0.1, 0.15) is 17.4 Å². The molecule has 3 N–H and O–H groups in total. The third-order valence-corrected chi connectivity index (χ3v) is 4.52. The summed E-state index contributed by atoms with van der Waals surface area (Å²) in [5.41, 5.74) is 0.991. The van der Waals surface area contributed by atoms with Gasteiger partial charge in [0, 0.05) is 27.8 Å². The van der Waals surface area contributed by atoms with Crippen LogP contribution in [0.5, 0.6) is 5.75 Å². The summed E-state index contributed by atoms with van der Waals surface area (Å²) in [6.07, 6.45) is 0. The summed E-state index contributed by atoms with van der Waals surface area (Å²) in [7, 11) is 0. The van der Waals surface area contributed by atoms with Crippen molar-refractivity contribution in [1.29, 1.82) is 0 Å². The van der Waals surface area contributed by atoms with E-state index in [0.717, 1.165) is 6.07 Å². The number of benzene rings is 3. The van der Waals surface area contributed by atoms with Crippen molar-refractivity contribution in [3.05, 3.63) is 107 Å². The van der Waals surface area contributed by atoms with Crippen molar-refractivity contribution in [3.63, 3.8) is 0 Å². The summed E-state index contributed by atoms with van der Waals surface area (Å²) in [6, 6.07) is 16.2. The molecule has 0 aliphatic rings. The molecule has 0 saturated carbocycles. The molecule has 28 heavy (non-hydrogen) atoms. The minimum absolute atomic E-state index is 0.0632. The maximum absolute atomic E-state index is 14.7. The lowest BCUT2D eigenvalue weighted by atomic mass is 9.90. The molecule has 0 amide bonds. The number of phenols is 1. The number of hydrogen-bond donors (Lipinski definition) is 2. The van der Waals surface area contributed by atoms with Crippen molar-refractivity contribution >= 4 is 28.5 Å². The second-order valence-electron chi connectivity index (χ2n) is 5.92. The van der Waals surface area contributed by atoms with Crippen LogP contribution in [0.3, 0.4) is 0 Å². The largest absolute Gasteiger partial charge is 0.508 e. The fourth-order valence-electron chi connectivity index (χ4n) is 2.87. The molecule has 3 aromatic carbocycles. The summed E-state index contributed by atoms with van der Waals surface area (Å²) in [6.45, 7) is 4.03. The van der Waals surface area contributed by atoms with E-state index in [1.54, 1.807) is 30.3 Å². The SMILES string of the molecule is C=C(/C(=C(\ON)c1ccc(O)cc1F)c1ccccc1F)c1ccccc1Cl. The van der Waals surface area contributed by atoms with Crippen LogP contribution >= 0.6 is 11.6 Å². The number of phenolic OH excluding ortho intramolecular Hbond substituents is 1. The molecule has 6 heteroatoms. The number of aromatic hydroxyl groups is 1. The van der Waals surface area contributed by atoms with Gasteiger partial charge in [0.15, 0.2) is 5.76 Å². The zero-order chi connectivity index (χ0) is 20.3. The number of allylic oxidation sites excluding steroid dienone is 2. The van der Waals surface area contributed by atoms with Crippen LogP contribution in [-0.2, 0) is 4.84 Å². The van der Waals surface area contributed by atoms with E-state index in [9.17, 15) is 13.9 Å². The highest BCUT2D eigenvalue weighted by atomic mass is 35.5. The quantitative estimate of drug-likeness (QED) is 0.247. The van der Waals surface area contributed by atoms with E-state index in [4.69, 9.17) is 22.3 Å². The molecule has 0 fully saturated rings. The van der Waals surface area contributed by atoms with Crippen LogP contribution in [0.15, 0.2) is 73.3 Å². The second-order valence-corrected chi connectivity index (χ2v) is 6.33. The van der Waals surface area contributed by atoms with Crippen molar-refractivity contribution < 1.29 is 18.7 Å². The number of hydrogen-bond acceptors (Lipinski definition) is 3. The molecular formula is C22H16ClF2NO2. The molecule has 0 heterocycles. The highest BCUT2D eigenvalue weighted by Crippen LogP contribution is 2.40. The van der Waals surface area contributed by atoms with E-state index in [1.807, 2.05) is 0 Å². The van der Waals surface area contributed by atoms with Gasteiger partial charge < -0.3 is 9.94 Å². The Labute approximate surface area is 165 Å². The number of rotatable bonds is 5. The molecule has 3 rings (SSSR count). The predicted molar refractivity (Wildman–Crippen MR) is 107 cm³/mol. The van der Waals surface area contributed by atoms with Crippen LogP contribution in [0.25, 0.3) is 16.9 Å². The van der Waals surface area contributed by atoms with Gasteiger partial charge in [0.2, 0.25) is 0 Å². The molecule has 0 saturated heterocycles. The Bertz CT molecular complexity index is 1080. The standard InChI is InChI=1S/C22H16ClF2NO2/c1-13(15-6-2-4-8-18(15)23)21(16-7-3-5-9-19(16)24)22(28-26)17-11-10-14(27)12-20(17)25/h2-12,27H,1,26H2/b22-21+. The lowest BCUT2D eigenvalue weighted by Gasteiger charge is -2.18. The van der Waals surface area contributed by atoms with Gasteiger partial charge in [-0.3, -0.25) is 0 Å². The van der Waals surface area contributed by atoms with Crippen molar-refractivity contribution in [3.8, 4) is 5.75 Å². The monoisotopic (exact) mass is 399 g/mol. The molecule has 0 bridgehead atoms. The van der Waals surface area contributed by atoms with Gasteiger partial charge in [-0.1, -0.05) is 54.6 Å². The first kappa shape index (κ1) is 19.6. The van der Waals surface area contributed by atoms with Crippen molar-refractivity contribution in [2.24, 2.45) is 5.90 Å². The molecular weight excluding hydrogens is 384 g/mol. The van der Waals surface area contributed by atoms with Crippen molar-refractivity contribution in [2.75, 3.05) is 0 Å². The van der Waals surface area contributed by atoms with Gasteiger partial charge in [0.25, 0.3) is 0 Å². The van der Waals surface area contributed by atoms with Gasteiger partial charge >= 0.3 is 0 Å². The molecule has 0 atom stereocenters. The van der Waals surface area contributed by atoms with E-state index in [0.29, 0.717) is 16.2 Å². The van der Waals surface area contributed by atoms with Crippen LogP contribution in [0.4, 0.5) is 8.78 Å². The Morgan fingerprint density at radius 3 is 2.14 bits per heavy atom. The summed E-state index contributed by atoms with van der Waals surface area (Å²) >= 11 is 6.28. The van der Waals surface area contributed by atoms with E-state index >= 15 is 0 Å². The third kappa shape index (κ3) is 3.76. The Kier molecular flexibility index (Phi) is 5.78. The number of nitrogens with two attached hydrogens (primary N) is 1. The average molecular weight is 400 g/mol. The molecule has 0 aromatic heterocycles. The number of halogens is 3. The highest BCUT2D eigenvalue weighted by Gasteiger charge is 2.23. The van der Waals surface area contributed by atoms with Gasteiger partial charge in [-0.25, -0.2) is 8.78 Å². The van der Waals surface area contributed by atoms with Crippen molar-refractivity contribution in [2.45, 2.75) is 0 Å². The summed E-state index contributed by atoms with van der Waals surface area (Å²) in [4.78, 5) is 5.00. The van der Waals surface area contributed by atoms with E-state index in [2.05, 4.69) is 6.58 Å². The van der Waals surface area contributed by atoms with Gasteiger partial charge in [-0.15, -0.1) is 0 Å². The smallest absolute Gasteiger partial charge is 0.165 e. The summed E-state index contributed by atoms with van der Waals surface area (Å²) < 4.78 is 29.2.